The normalized spacial score (nSPS) is 11.3. The average molecular weight is 713 g/mol. The number of hydrogen-bond donors (Lipinski definition) is 2. The number of urea groups is 2. The van der Waals surface area contributed by atoms with Crippen LogP contribution in [0, 0.1) is 0 Å². The highest BCUT2D eigenvalue weighted by molar-refractivity contribution is 7.93. The van der Waals surface area contributed by atoms with Crippen molar-refractivity contribution >= 4 is 43.5 Å². The minimum atomic E-state index is -4.18. The lowest BCUT2D eigenvalue weighted by molar-refractivity contribution is 0.256. The molecule has 49 heavy (non-hydrogen) atoms. The van der Waals surface area contributed by atoms with E-state index in [1.54, 1.807) is 72.8 Å². The molecule has 0 saturated heterocycles. The number of anilines is 2. The van der Waals surface area contributed by atoms with Crippen LogP contribution in [0.1, 0.15) is 11.1 Å². The van der Waals surface area contributed by atoms with Gasteiger partial charge in [0.1, 0.15) is 47.7 Å². The van der Waals surface area contributed by atoms with E-state index in [9.17, 15) is 26.4 Å². The van der Waals surface area contributed by atoms with Crippen LogP contribution in [-0.4, -0.2) is 67.8 Å². The molecule has 260 valence electrons. The van der Waals surface area contributed by atoms with Crippen molar-refractivity contribution < 1.29 is 45.4 Å². The molecular weight excluding hydrogens is 677 g/mol. The van der Waals surface area contributed by atoms with Gasteiger partial charge in [-0.3, -0.25) is 0 Å². The van der Waals surface area contributed by atoms with Crippen molar-refractivity contribution in [2.75, 3.05) is 47.5 Å². The van der Waals surface area contributed by atoms with Crippen LogP contribution in [0.15, 0.2) is 97.1 Å². The van der Waals surface area contributed by atoms with Crippen LogP contribution in [-0.2, 0) is 26.5 Å². The zero-order chi connectivity index (χ0) is 35.6. The highest BCUT2D eigenvalue weighted by Gasteiger charge is 2.29. The van der Waals surface area contributed by atoms with E-state index in [0.29, 0.717) is 38.0 Å². The second-order valence-electron chi connectivity index (χ2n) is 10.4. The number of sulfonamides is 2. The number of benzene rings is 4. The third-order valence-electron chi connectivity index (χ3n) is 7.05. The van der Waals surface area contributed by atoms with E-state index < -0.39 is 43.6 Å². The van der Waals surface area contributed by atoms with Crippen LogP contribution in [0.4, 0.5) is 21.0 Å². The highest BCUT2D eigenvalue weighted by Crippen LogP contribution is 2.24. The van der Waals surface area contributed by atoms with Gasteiger partial charge >= 0.3 is 12.1 Å². The van der Waals surface area contributed by atoms with E-state index in [4.69, 9.17) is 30.4 Å². The Balaban J connectivity index is 1.37. The first-order valence-corrected chi connectivity index (χ1v) is 17.9. The van der Waals surface area contributed by atoms with Crippen molar-refractivity contribution in [1.29, 1.82) is 0 Å². The maximum absolute atomic E-state index is 13.0. The monoisotopic (exact) mass is 712 g/mol. The number of nitrogens with two attached hydrogens (primary N) is 2. The van der Waals surface area contributed by atoms with Crippen LogP contribution in [0.5, 0.6) is 23.0 Å². The molecule has 0 unspecified atom stereocenters. The Kier molecular flexibility index (Phi) is 11.9. The Morgan fingerprint density at radius 1 is 0.531 bits per heavy atom. The summed E-state index contributed by atoms with van der Waals surface area (Å²) < 4.78 is 74.3. The topological polar surface area (TPSA) is 198 Å². The van der Waals surface area contributed by atoms with Gasteiger partial charge in [-0.25, -0.2) is 26.4 Å². The van der Waals surface area contributed by atoms with Gasteiger partial charge in [0.25, 0.3) is 0 Å². The van der Waals surface area contributed by atoms with Crippen LogP contribution >= 0.6 is 0 Å². The number of amides is 4. The summed E-state index contributed by atoms with van der Waals surface area (Å²) in [6.45, 7) is -0.447. The number of methoxy groups -OCH3 is 2. The minimum absolute atomic E-state index is 0.0503. The Bertz CT molecular complexity index is 1790. The minimum Gasteiger partial charge on any atom is -0.497 e. The van der Waals surface area contributed by atoms with Crippen LogP contribution in [0.3, 0.4) is 0 Å². The van der Waals surface area contributed by atoms with Gasteiger partial charge in [-0.2, -0.15) is 8.61 Å². The van der Waals surface area contributed by atoms with E-state index in [0.717, 1.165) is 11.1 Å². The zero-order valence-electron chi connectivity index (χ0n) is 26.7. The summed E-state index contributed by atoms with van der Waals surface area (Å²) in [5, 5.41) is 0. The summed E-state index contributed by atoms with van der Waals surface area (Å²) in [5.74, 6) is 1.07. The molecule has 0 bridgehead atoms. The molecule has 4 aromatic carbocycles. The predicted octanol–water partition coefficient (Wildman–Crippen LogP) is 3.88. The molecule has 0 spiro atoms. The second-order valence-corrected chi connectivity index (χ2v) is 14.3. The molecule has 4 amide bonds. The summed E-state index contributed by atoms with van der Waals surface area (Å²) in [7, 11) is -5.32. The molecule has 14 nitrogen and oxygen atoms in total. The van der Waals surface area contributed by atoms with Crippen molar-refractivity contribution in [3.63, 3.8) is 0 Å². The molecule has 0 aromatic heterocycles. The molecule has 0 heterocycles. The van der Waals surface area contributed by atoms with E-state index in [2.05, 4.69) is 0 Å². The largest absolute Gasteiger partial charge is 0.497 e. The van der Waals surface area contributed by atoms with E-state index in [-0.39, 0.29) is 24.6 Å². The fraction of sp³-hybridized carbons (Fsp3) is 0.212. The standard InChI is InChI=1S/C33H36N4O10S2/c1-44-28-11-15-30(16-12-28)46-19-21-48(40,41)36(32(34)38)26-7-3-24(4-8-26)23-25-5-9-27(10-6-25)37(33(35)39)49(42,43)22-20-47-31-17-13-29(45-2)14-18-31/h3-18H,19-23H2,1-2H3,(H2,34,38)(H2,35,39). The van der Waals surface area contributed by atoms with Crippen molar-refractivity contribution in [2.45, 2.75) is 6.42 Å². The Hall–Kier alpha value is -5.48. The molecule has 0 radical (unpaired) electrons. The van der Waals surface area contributed by atoms with Gasteiger partial charge < -0.3 is 30.4 Å². The first-order chi connectivity index (χ1) is 23.3. The van der Waals surface area contributed by atoms with E-state index in [1.807, 2.05) is 0 Å². The van der Waals surface area contributed by atoms with Crippen LogP contribution in [0.25, 0.3) is 0 Å². The Morgan fingerprint density at radius 3 is 1.12 bits per heavy atom. The van der Waals surface area contributed by atoms with Gasteiger partial charge in [0.05, 0.1) is 25.6 Å². The average Bonchev–Trinajstić information content (AvgIpc) is 3.06. The lowest BCUT2D eigenvalue weighted by Crippen LogP contribution is -2.43. The molecule has 4 N–H and O–H groups in total. The van der Waals surface area contributed by atoms with Crippen molar-refractivity contribution in [3.8, 4) is 23.0 Å². The molecule has 0 aliphatic heterocycles. The molecule has 4 aromatic rings. The summed E-state index contributed by atoms with van der Waals surface area (Å²) in [6, 6.07) is 23.1. The van der Waals surface area contributed by atoms with E-state index >= 15 is 0 Å². The molecule has 0 fully saturated rings. The third kappa shape index (κ3) is 9.77. The number of hydrogen-bond acceptors (Lipinski definition) is 10. The van der Waals surface area contributed by atoms with Crippen molar-refractivity contribution in [1.82, 2.24) is 0 Å². The van der Waals surface area contributed by atoms with Gasteiger partial charge in [0.2, 0.25) is 20.0 Å². The second kappa shape index (κ2) is 16.1. The number of primary amides is 2. The van der Waals surface area contributed by atoms with Gasteiger partial charge in [0.15, 0.2) is 0 Å². The fourth-order valence-electron chi connectivity index (χ4n) is 4.64. The molecule has 4 rings (SSSR count). The van der Waals surface area contributed by atoms with Gasteiger partial charge in [-0.15, -0.1) is 0 Å². The summed E-state index contributed by atoms with van der Waals surface area (Å²) in [5.41, 5.74) is 12.5. The summed E-state index contributed by atoms with van der Waals surface area (Å²) >= 11 is 0. The number of nitrogens with zero attached hydrogens (tertiary/aromatic N) is 2. The maximum atomic E-state index is 13.0. The molecular formula is C33H36N4O10S2. The predicted molar refractivity (Wildman–Crippen MR) is 184 cm³/mol. The third-order valence-corrected chi connectivity index (χ3v) is 10.3. The number of ether oxygens (including phenoxy) is 4. The number of rotatable bonds is 16. The molecule has 16 heteroatoms. The van der Waals surface area contributed by atoms with Gasteiger partial charge in [-0.1, -0.05) is 24.3 Å². The number of carbonyl (C=O) groups is 2. The molecule has 0 aliphatic rings. The molecule has 0 atom stereocenters. The lowest BCUT2D eigenvalue weighted by Gasteiger charge is -2.21. The summed E-state index contributed by atoms with van der Waals surface area (Å²) in [6.07, 6.45) is 0.360. The smallest absolute Gasteiger partial charge is 0.333 e. The summed E-state index contributed by atoms with van der Waals surface area (Å²) in [4.78, 5) is 24.4. The first kappa shape index (κ1) is 36.4. The molecule has 0 aliphatic carbocycles. The van der Waals surface area contributed by atoms with Crippen LogP contribution in [0.2, 0.25) is 0 Å². The van der Waals surface area contributed by atoms with Gasteiger partial charge in [-0.05, 0) is 90.3 Å². The zero-order valence-corrected chi connectivity index (χ0v) is 28.4. The maximum Gasteiger partial charge on any atom is 0.333 e. The quantitative estimate of drug-likeness (QED) is 0.172. The van der Waals surface area contributed by atoms with E-state index in [1.165, 1.54) is 38.5 Å². The first-order valence-electron chi connectivity index (χ1n) is 14.7. The van der Waals surface area contributed by atoms with Gasteiger partial charge in [0, 0.05) is 0 Å². The SMILES string of the molecule is COc1ccc(OCCS(=O)(=O)N(C(N)=O)c2ccc(Cc3ccc(N(C(N)=O)S(=O)(=O)CCOc4ccc(OC)cc4)cc3)cc2)cc1. The van der Waals surface area contributed by atoms with Crippen molar-refractivity contribution in [3.05, 3.63) is 108 Å². The lowest BCUT2D eigenvalue weighted by atomic mass is 10.0. The Morgan fingerprint density at radius 2 is 0.837 bits per heavy atom. The highest BCUT2D eigenvalue weighted by atomic mass is 32.2. The van der Waals surface area contributed by atoms with Crippen LogP contribution < -0.4 is 39.0 Å². The Labute approximate surface area is 284 Å². The fourth-order valence-corrected chi connectivity index (χ4v) is 7.03. The number of carbonyl (C=O) groups excluding carboxylic acids is 2. The molecule has 0 saturated carbocycles. The van der Waals surface area contributed by atoms with Crippen molar-refractivity contribution in [2.24, 2.45) is 11.5 Å².